The van der Waals surface area contributed by atoms with Crippen LogP contribution in [0.1, 0.15) is 11.5 Å². The lowest BCUT2D eigenvalue weighted by molar-refractivity contribution is -0.114. The summed E-state index contributed by atoms with van der Waals surface area (Å²) in [5.41, 5.74) is 8.17. The van der Waals surface area contributed by atoms with Crippen LogP contribution in [0.2, 0.25) is 0 Å². The molecule has 1 amide bonds. The van der Waals surface area contributed by atoms with Gasteiger partial charge in [0.1, 0.15) is 9.40 Å². The Morgan fingerprint density at radius 2 is 2.24 bits per heavy atom. The zero-order valence-electron chi connectivity index (χ0n) is 10.9. The molecular formula is C15H11IN4O. The smallest absolute Gasteiger partial charge is 0.264 e. The highest BCUT2D eigenvalue weighted by Gasteiger charge is 2.33. The average molecular weight is 390 g/mol. The summed E-state index contributed by atoms with van der Waals surface area (Å²) in [5.74, 6) is -0.555. The molecule has 2 atom stereocenters. The van der Waals surface area contributed by atoms with Crippen LogP contribution in [0.3, 0.4) is 0 Å². The minimum atomic E-state index is -0.497. The number of pyridine rings is 1. The van der Waals surface area contributed by atoms with Crippen LogP contribution in [-0.4, -0.2) is 16.9 Å². The van der Waals surface area contributed by atoms with Gasteiger partial charge in [-0.3, -0.25) is 9.78 Å². The predicted molar refractivity (Wildman–Crippen MR) is 85.7 cm³/mol. The number of hydrogen-bond acceptors (Lipinski definition) is 4. The maximum Gasteiger partial charge on any atom is 0.264 e. The van der Waals surface area contributed by atoms with E-state index in [4.69, 9.17) is 5.73 Å². The summed E-state index contributed by atoms with van der Waals surface area (Å²) in [6, 6.07) is 5.98. The van der Waals surface area contributed by atoms with Gasteiger partial charge in [-0.1, -0.05) is 12.1 Å². The van der Waals surface area contributed by atoms with Crippen LogP contribution in [0.5, 0.6) is 0 Å². The van der Waals surface area contributed by atoms with Gasteiger partial charge in [-0.15, -0.1) is 0 Å². The van der Waals surface area contributed by atoms with Crippen molar-refractivity contribution in [2.75, 3.05) is 0 Å². The predicted octanol–water partition coefficient (Wildman–Crippen LogP) is 1.50. The van der Waals surface area contributed by atoms with E-state index < -0.39 is 5.91 Å². The van der Waals surface area contributed by atoms with Gasteiger partial charge in [0.25, 0.3) is 5.91 Å². The van der Waals surface area contributed by atoms with Crippen molar-refractivity contribution in [1.82, 2.24) is 10.3 Å². The molecule has 0 fully saturated rings. The van der Waals surface area contributed by atoms with E-state index in [1.54, 1.807) is 18.3 Å². The fraction of sp³-hybridized carbons (Fsp3) is 0.133. The Bertz CT molecular complexity index is 740. The third-order valence-electron chi connectivity index (χ3n) is 3.55. The first-order valence-corrected chi connectivity index (χ1v) is 7.39. The summed E-state index contributed by atoms with van der Waals surface area (Å²) in [6.07, 6.45) is 7.18. The maximum atomic E-state index is 11.4. The van der Waals surface area contributed by atoms with E-state index >= 15 is 0 Å². The number of nitriles is 1. The van der Waals surface area contributed by atoms with Crippen LogP contribution in [0, 0.1) is 15.0 Å². The van der Waals surface area contributed by atoms with Gasteiger partial charge >= 0.3 is 0 Å². The number of primary amides is 1. The Labute approximate surface area is 135 Å². The SMILES string of the molecule is N#CC1=CC(c2ccc(I)nc2)C2NC(C(N)=O)=CC2=C1. The van der Waals surface area contributed by atoms with E-state index in [1.165, 1.54) is 0 Å². The maximum absolute atomic E-state index is 11.4. The second-order valence-corrected chi connectivity index (χ2v) is 5.97. The molecule has 0 spiro atoms. The minimum absolute atomic E-state index is 0.0581. The molecule has 0 saturated heterocycles. The summed E-state index contributed by atoms with van der Waals surface area (Å²) < 4.78 is 0.905. The van der Waals surface area contributed by atoms with Gasteiger partial charge in [0, 0.05) is 17.7 Å². The van der Waals surface area contributed by atoms with Crippen molar-refractivity contribution in [3.63, 3.8) is 0 Å². The molecular weight excluding hydrogens is 379 g/mol. The Hall–Kier alpha value is -2.14. The molecule has 0 saturated carbocycles. The molecule has 1 aliphatic heterocycles. The van der Waals surface area contributed by atoms with Crippen LogP contribution in [0.25, 0.3) is 0 Å². The topological polar surface area (TPSA) is 91.8 Å². The quantitative estimate of drug-likeness (QED) is 0.592. The number of aromatic nitrogens is 1. The van der Waals surface area contributed by atoms with Gasteiger partial charge < -0.3 is 11.1 Å². The van der Waals surface area contributed by atoms with E-state index in [1.807, 2.05) is 18.2 Å². The molecule has 1 aromatic rings. The first kappa shape index (κ1) is 13.8. The molecule has 0 bridgehead atoms. The average Bonchev–Trinajstić information content (AvgIpc) is 2.91. The fourth-order valence-corrected chi connectivity index (χ4v) is 2.90. The highest BCUT2D eigenvalue weighted by molar-refractivity contribution is 14.1. The highest BCUT2D eigenvalue weighted by Crippen LogP contribution is 2.35. The van der Waals surface area contributed by atoms with Crippen molar-refractivity contribution in [2.24, 2.45) is 5.73 Å². The first-order chi connectivity index (χ1) is 10.1. The van der Waals surface area contributed by atoms with Gasteiger partial charge in [0.15, 0.2) is 0 Å². The van der Waals surface area contributed by atoms with Crippen molar-refractivity contribution < 1.29 is 4.79 Å². The van der Waals surface area contributed by atoms with Crippen LogP contribution in [0.4, 0.5) is 0 Å². The number of nitrogens with zero attached hydrogens (tertiary/aromatic N) is 2. The van der Waals surface area contributed by atoms with Crippen LogP contribution in [-0.2, 0) is 4.79 Å². The molecule has 5 nitrogen and oxygen atoms in total. The summed E-state index contributed by atoms with van der Waals surface area (Å²) in [6.45, 7) is 0. The summed E-state index contributed by atoms with van der Waals surface area (Å²) in [5, 5.41) is 12.3. The molecule has 1 aromatic heterocycles. The Morgan fingerprint density at radius 1 is 1.43 bits per heavy atom. The van der Waals surface area contributed by atoms with E-state index in [2.05, 4.69) is 39.0 Å². The Kier molecular flexibility index (Phi) is 3.51. The number of nitrogens with two attached hydrogens (primary N) is 1. The molecule has 3 N–H and O–H groups in total. The Balaban J connectivity index is 2.01. The monoisotopic (exact) mass is 390 g/mol. The van der Waals surface area contributed by atoms with Gasteiger partial charge in [0.05, 0.1) is 12.1 Å². The number of fused-ring (bicyclic) bond motifs is 1. The second kappa shape index (κ2) is 5.33. The van der Waals surface area contributed by atoms with E-state index in [0.717, 1.165) is 14.8 Å². The number of carbonyl (C=O) groups is 1. The lowest BCUT2D eigenvalue weighted by Gasteiger charge is -2.26. The van der Waals surface area contributed by atoms with Crippen LogP contribution in [0.15, 0.2) is 53.4 Å². The van der Waals surface area contributed by atoms with Crippen LogP contribution < -0.4 is 11.1 Å². The number of rotatable bonds is 2. The molecule has 0 radical (unpaired) electrons. The molecule has 0 aromatic carbocycles. The van der Waals surface area contributed by atoms with Gasteiger partial charge in [0.2, 0.25) is 0 Å². The van der Waals surface area contributed by atoms with Crippen LogP contribution >= 0.6 is 22.6 Å². The normalized spacial score (nSPS) is 23.1. The Morgan fingerprint density at radius 3 is 2.86 bits per heavy atom. The largest absolute Gasteiger partial charge is 0.373 e. The summed E-state index contributed by atoms with van der Waals surface area (Å²) >= 11 is 2.14. The number of nitrogens with one attached hydrogen (secondary N) is 1. The zero-order chi connectivity index (χ0) is 15.0. The number of hydrogen-bond donors (Lipinski definition) is 2. The molecule has 2 aliphatic rings. The highest BCUT2D eigenvalue weighted by atomic mass is 127. The van der Waals surface area contributed by atoms with Crippen molar-refractivity contribution in [3.05, 3.63) is 62.7 Å². The zero-order valence-corrected chi connectivity index (χ0v) is 13.0. The van der Waals surface area contributed by atoms with Gasteiger partial charge in [-0.25, -0.2) is 0 Å². The number of halogens is 1. The number of amides is 1. The number of allylic oxidation sites excluding steroid dienone is 2. The molecule has 2 heterocycles. The number of carbonyl (C=O) groups excluding carboxylic acids is 1. The summed E-state index contributed by atoms with van der Waals surface area (Å²) in [4.78, 5) is 15.6. The fourth-order valence-electron chi connectivity index (χ4n) is 2.58. The standard InChI is InChI=1S/C15H11IN4O/c16-13-2-1-9(7-19-13)11-4-8(6-17)3-10-5-12(15(18)21)20-14(10)11/h1-5,7,11,14,20H,(H2,18,21). The van der Waals surface area contributed by atoms with Gasteiger partial charge in [-0.05, 0) is 51.9 Å². The molecule has 3 rings (SSSR count). The summed E-state index contributed by atoms with van der Waals surface area (Å²) in [7, 11) is 0. The molecule has 6 heteroatoms. The van der Waals surface area contributed by atoms with E-state index in [-0.39, 0.29) is 12.0 Å². The van der Waals surface area contributed by atoms with Crippen molar-refractivity contribution in [3.8, 4) is 6.07 Å². The minimum Gasteiger partial charge on any atom is -0.373 e. The van der Waals surface area contributed by atoms with E-state index in [0.29, 0.717) is 11.3 Å². The molecule has 1 aliphatic carbocycles. The van der Waals surface area contributed by atoms with Crippen molar-refractivity contribution in [2.45, 2.75) is 12.0 Å². The molecule has 21 heavy (non-hydrogen) atoms. The third-order valence-corrected chi connectivity index (χ3v) is 4.19. The van der Waals surface area contributed by atoms with Gasteiger partial charge in [-0.2, -0.15) is 5.26 Å². The second-order valence-electron chi connectivity index (χ2n) is 4.86. The molecule has 2 unspecified atom stereocenters. The lowest BCUT2D eigenvalue weighted by Crippen LogP contribution is -2.35. The van der Waals surface area contributed by atoms with Crippen molar-refractivity contribution >= 4 is 28.5 Å². The van der Waals surface area contributed by atoms with Crippen molar-refractivity contribution in [1.29, 1.82) is 5.26 Å². The lowest BCUT2D eigenvalue weighted by atomic mass is 9.83. The first-order valence-electron chi connectivity index (χ1n) is 6.31. The molecule has 104 valence electrons. The third kappa shape index (κ3) is 2.56. The van der Waals surface area contributed by atoms with E-state index in [9.17, 15) is 10.1 Å².